The highest BCUT2D eigenvalue weighted by molar-refractivity contribution is 8.02. The van der Waals surface area contributed by atoms with Gasteiger partial charge in [-0.15, -0.1) is 11.8 Å². The molecule has 0 aliphatic rings. The maximum Gasteiger partial charge on any atom is 0.113 e. The summed E-state index contributed by atoms with van der Waals surface area (Å²) in [5, 5.41) is 1.74. The fourth-order valence-electron chi connectivity index (χ4n) is 0.240. The Morgan fingerprint density at radius 2 is 2.25 bits per heavy atom. The average Bonchev–Trinajstić information content (AvgIpc) is 1.66. The number of halogens is 2. The van der Waals surface area contributed by atoms with Gasteiger partial charge in [-0.3, -0.25) is 0 Å². The minimum absolute atomic E-state index is 0.350. The lowest BCUT2D eigenvalue weighted by Crippen LogP contribution is -1.66. The van der Waals surface area contributed by atoms with Crippen molar-refractivity contribution in [1.29, 1.82) is 0 Å². The smallest absolute Gasteiger partial charge is 0.113 e. The van der Waals surface area contributed by atoms with Crippen molar-refractivity contribution in [3.05, 3.63) is 9.90 Å². The van der Waals surface area contributed by atoms with E-state index in [1.54, 1.807) is 17.2 Å². The normalized spacial score (nSPS) is 8.88. The van der Waals surface area contributed by atoms with E-state index in [4.69, 9.17) is 23.2 Å². The van der Waals surface area contributed by atoms with Gasteiger partial charge in [0, 0.05) is 5.41 Å². The van der Waals surface area contributed by atoms with Crippen molar-refractivity contribution in [3.8, 4) is 0 Å². The molecule has 0 unspecified atom stereocenters. The zero-order valence-electron chi connectivity index (χ0n) is 4.66. The molecular formula is C5H8Cl2S. The molecule has 8 heavy (non-hydrogen) atoms. The Morgan fingerprint density at radius 1 is 1.62 bits per heavy atom. The van der Waals surface area contributed by atoms with Gasteiger partial charge in [0.15, 0.2) is 0 Å². The summed E-state index contributed by atoms with van der Waals surface area (Å²) in [6, 6.07) is 0. The molecule has 0 fully saturated rings. The second kappa shape index (κ2) is 5.80. The van der Waals surface area contributed by atoms with Gasteiger partial charge in [0.05, 0.1) is 0 Å². The SMILES string of the molecule is CCCSC=C(Cl)Cl. The van der Waals surface area contributed by atoms with Crippen LogP contribution in [0.25, 0.3) is 0 Å². The molecule has 0 N–H and O–H groups in total. The predicted octanol–water partition coefficient (Wildman–Crippen LogP) is 3.41. The van der Waals surface area contributed by atoms with E-state index in [0.29, 0.717) is 4.49 Å². The van der Waals surface area contributed by atoms with Crippen molar-refractivity contribution >= 4 is 35.0 Å². The van der Waals surface area contributed by atoms with Crippen LogP contribution in [0.2, 0.25) is 0 Å². The quantitative estimate of drug-likeness (QED) is 0.586. The molecule has 0 spiro atoms. The van der Waals surface area contributed by atoms with Crippen LogP contribution in [0.4, 0.5) is 0 Å². The summed E-state index contributed by atoms with van der Waals surface area (Å²) >= 11 is 12.3. The Kier molecular flexibility index (Phi) is 6.29. The zero-order chi connectivity index (χ0) is 6.41. The van der Waals surface area contributed by atoms with Crippen LogP contribution < -0.4 is 0 Å². The van der Waals surface area contributed by atoms with E-state index < -0.39 is 0 Å². The summed E-state index contributed by atoms with van der Waals surface area (Å²) in [7, 11) is 0. The van der Waals surface area contributed by atoms with E-state index in [1.165, 1.54) is 0 Å². The van der Waals surface area contributed by atoms with Crippen molar-refractivity contribution in [1.82, 2.24) is 0 Å². The Balaban J connectivity index is 3.03. The fourth-order valence-corrected chi connectivity index (χ4v) is 1.10. The van der Waals surface area contributed by atoms with Gasteiger partial charge < -0.3 is 0 Å². The van der Waals surface area contributed by atoms with Crippen LogP contribution in [0.1, 0.15) is 13.3 Å². The van der Waals surface area contributed by atoms with Crippen molar-refractivity contribution in [2.45, 2.75) is 13.3 Å². The summed E-state index contributed by atoms with van der Waals surface area (Å²) in [5.41, 5.74) is 0. The van der Waals surface area contributed by atoms with Gasteiger partial charge in [-0.05, 0) is 12.2 Å². The van der Waals surface area contributed by atoms with Crippen LogP contribution in [0, 0.1) is 0 Å². The molecule has 0 aliphatic heterocycles. The van der Waals surface area contributed by atoms with Crippen LogP contribution >= 0.6 is 35.0 Å². The van der Waals surface area contributed by atoms with Gasteiger partial charge in [-0.1, -0.05) is 30.1 Å². The van der Waals surface area contributed by atoms with E-state index >= 15 is 0 Å². The maximum atomic E-state index is 5.32. The molecule has 48 valence electrons. The molecule has 0 bridgehead atoms. The molecule has 0 amide bonds. The van der Waals surface area contributed by atoms with Gasteiger partial charge in [-0.25, -0.2) is 0 Å². The van der Waals surface area contributed by atoms with Crippen LogP contribution in [-0.4, -0.2) is 5.75 Å². The summed E-state index contributed by atoms with van der Waals surface area (Å²) in [5.74, 6) is 1.09. The molecule has 0 radical (unpaired) electrons. The maximum absolute atomic E-state index is 5.32. The van der Waals surface area contributed by atoms with Crippen molar-refractivity contribution in [3.63, 3.8) is 0 Å². The summed E-state index contributed by atoms with van der Waals surface area (Å²) < 4.78 is 0.350. The first-order valence-corrected chi connectivity index (χ1v) is 4.20. The molecule has 0 saturated carbocycles. The highest BCUT2D eigenvalue weighted by Gasteiger charge is 1.81. The lowest BCUT2D eigenvalue weighted by molar-refractivity contribution is 1.11. The molecule has 0 nitrogen and oxygen atoms in total. The van der Waals surface area contributed by atoms with Gasteiger partial charge in [0.25, 0.3) is 0 Å². The minimum atomic E-state index is 0.350. The number of hydrogen-bond acceptors (Lipinski definition) is 1. The fraction of sp³-hybridized carbons (Fsp3) is 0.600. The Labute approximate surface area is 64.2 Å². The molecule has 0 aromatic carbocycles. The number of rotatable bonds is 3. The predicted molar refractivity (Wildman–Crippen MR) is 42.5 cm³/mol. The number of thioether (sulfide) groups is 1. The third-order valence-corrected chi connectivity index (χ3v) is 2.02. The summed E-state index contributed by atoms with van der Waals surface area (Å²) in [4.78, 5) is 0. The third kappa shape index (κ3) is 6.67. The lowest BCUT2D eigenvalue weighted by Gasteiger charge is -1.86. The Bertz CT molecular complexity index is 76.5. The molecule has 0 rings (SSSR count). The highest BCUT2D eigenvalue weighted by atomic mass is 35.5. The molecule has 0 heterocycles. The lowest BCUT2D eigenvalue weighted by atomic mass is 10.6. The van der Waals surface area contributed by atoms with Crippen LogP contribution in [-0.2, 0) is 0 Å². The third-order valence-electron chi connectivity index (χ3n) is 0.494. The number of hydrogen-bond donors (Lipinski definition) is 0. The van der Waals surface area contributed by atoms with E-state index in [0.717, 1.165) is 12.2 Å². The zero-order valence-corrected chi connectivity index (χ0v) is 6.98. The molecule has 0 aromatic heterocycles. The molecule has 0 aliphatic carbocycles. The molecule has 3 heteroatoms. The van der Waals surface area contributed by atoms with Gasteiger partial charge in [0.1, 0.15) is 4.49 Å². The van der Waals surface area contributed by atoms with Crippen molar-refractivity contribution in [2.75, 3.05) is 5.75 Å². The second-order valence-corrected chi connectivity index (χ2v) is 3.26. The Hall–Kier alpha value is 0.670. The molecule has 0 saturated heterocycles. The first kappa shape index (κ1) is 8.67. The minimum Gasteiger partial charge on any atom is -0.132 e. The monoisotopic (exact) mass is 170 g/mol. The molecule has 0 atom stereocenters. The largest absolute Gasteiger partial charge is 0.132 e. The summed E-state index contributed by atoms with van der Waals surface area (Å²) in [6.45, 7) is 2.11. The van der Waals surface area contributed by atoms with Crippen LogP contribution in [0.15, 0.2) is 9.90 Å². The Morgan fingerprint density at radius 3 is 2.62 bits per heavy atom. The first-order valence-electron chi connectivity index (χ1n) is 2.40. The second-order valence-electron chi connectivity index (χ2n) is 1.28. The topological polar surface area (TPSA) is 0 Å². The van der Waals surface area contributed by atoms with Crippen molar-refractivity contribution in [2.24, 2.45) is 0 Å². The standard InChI is InChI=1S/C5H8Cl2S/c1-2-3-8-4-5(6)7/h4H,2-3H2,1H3. The van der Waals surface area contributed by atoms with E-state index in [1.807, 2.05) is 0 Å². The van der Waals surface area contributed by atoms with E-state index in [2.05, 4.69) is 6.92 Å². The van der Waals surface area contributed by atoms with Gasteiger partial charge in [-0.2, -0.15) is 0 Å². The van der Waals surface area contributed by atoms with Gasteiger partial charge in [0.2, 0.25) is 0 Å². The van der Waals surface area contributed by atoms with E-state index in [9.17, 15) is 0 Å². The molecular weight excluding hydrogens is 163 g/mol. The van der Waals surface area contributed by atoms with Crippen LogP contribution in [0.5, 0.6) is 0 Å². The van der Waals surface area contributed by atoms with E-state index in [-0.39, 0.29) is 0 Å². The first-order chi connectivity index (χ1) is 3.77. The summed E-state index contributed by atoms with van der Waals surface area (Å²) in [6.07, 6.45) is 1.15. The van der Waals surface area contributed by atoms with Gasteiger partial charge >= 0.3 is 0 Å². The van der Waals surface area contributed by atoms with Crippen LogP contribution in [0.3, 0.4) is 0 Å². The highest BCUT2D eigenvalue weighted by Crippen LogP contribution is 2.14. The molecule has 0 aromatic rings. The average molecular weight is 171 g/mol. The van der Waals surface area contributed by atoms with Crippen molar-refractivity contribution < 1.29 is 0 Å².